The van der Waals surface area contributed by atoms with E-state index in [0.29, 0.717) is 0 Å². The number of hydrogen-bond acceptors (Lipinski definition) is 6. The maximum absolute atomic E-state index is 13.9. The number of carbonyl (C=O) groups is 4. The molecule has 2 saturated heterocycles. The maximum atomic E-state index is 13.9. The first-order valence-electron chi connectivity index (χ1n) is 9.23. The summed E-state index contributed by atoms with van der Waals surface area (Å²) in [5, 5.41) is 28.1. The molecule has 0 aromatic heterocycles. The minimum Gasteiger partial charge on any atom is -0.604 e. The van der Waals surface area contributed by atoms with Crippen LogP contribution in [-0.2, 0) is 14.4 Å². The lowest BCUT2D eigenvalue weighted by atomic mass is 10.1. The molecule has 0 spiro atoms. The molecule has 2 heterocycles. The van der Waals surface area contributed by atoms with E-state index < -0.39 is 47.1 Å². The molecule has 0 saturated carbocycles. The first-order valence-corrected chi connectivity index (χ1v) is 9.23. The number of amides is 3. The third-order valence-corrected chi connectivity index (χ3v) is 5.08. The van der Waals surface area contributed by atoms with Gasteiger partial charge in [-0.1, -0.05) is 18.2 Å². The molecule has 156 valence electrons. The van der Waals surface area contributed by atoms with Crippen molar-refractivity contribution in [3.05, 3.63) is 41.1 Å². The molecular formula is C18H23N5O6. The summed E-state index contributed by atoms with van der Waals surface area (Å²) < 4.78 is -1.36. The zero-order chi connectivity index (χ0) is 21.2. The van der Waals surface area contributed by atoms with Crippen molar-refractivity contribution in [2.24, 2.45) is 5.92 Å². The van der Waals surface area contributed by atoms with Crippen LogP contribution in [0, 0.1) is 11.1 Å². The molecule has 3 unspecified atom stereocenters. The molecule has 3 rings (SSSR count). The number of hydroxylamine groups is 2. The van der Waals surface area contributed by atoms with Crippen LogP contribution < -0.4 is 10.7 Å². The lowest BCUT2D eigenvalue weighted by Crippen LogP contribution is -2.74. The maximum Gasteiger partial charge on any atom is 0.313 e. The van der Waals surface area contributed by atoms with Crippen molar-refractivity contribution in [1.29, 1.82) is 0 Å². The molecule has 2 aliphatic rings. The lowest BCUT2D eigenvalue weighted by molar-refractivity contribution is -1.01. The molecule has 0 bridgehead atoms. The topological polar surface area (TPSA) is 142 Å². The second kappa shape index (κ2) is 8.15. The van der Waals surface area contributed by atoms with Crippen molar-refractivity contribution in [2.45, 2.75) is 25.9 Å². The van der Waals surface area contributed by atoms with Gasteiger partial charge in [0.1, 0.15) is 19.1 Å². The van der Waals surface area contributed by atoms with E-state index in [2.05, 4.69) is 10.7 Å². The molecule has 29 heavy (non-hydrogen) atoms. The molecule has 11 heteroatoms. The third kappa shape index (κ3) is 4.06. The summed E-state index contributed by atoms with van der Waals surface area (Å²) in [6.45, 7) is 0.629. The highest BCUT2D eigenvalue weighted by Gasteiger charge is 2.51. The molecule has 11 nitrogen and oxygen atoms in total. The number of aliphatic carboxylic acids is 1. The standard InChI is InChI=1S/C18H23N5O6/c1-12(24)20-22(17(26)13-5-3-2-4-6-13)15-7-8-16(25)21-11-19-9-14(18(27)28)10-23(15,21)29/h2-6,14-15,19H,7-11H2,1H3,(H,20,24)(H,27,28). The van der Waals surface area contributed by atoms with Gasteiger partial charge in [0.15, 0.2) is 0 Å². The van der Waals surface area contributed by atoms with E-state index in [0.717, 1.165) is 10.0 Å². The SMILES string of the molecule is CC(=O)NN(C(=O)c1ccccc1)C1CCC(=O)N2CNCC(C(=O)O)C[N+]12[O-]. The highest BCUT2D eigenvalue weighted by Crippen LogP contribution is 2.32. The predicted octanol–water partition coefficient (Wildman–Crippen LogP) is -0.380. The van der Waals surface area contributed by atoms with E-state index in [9.17, 15) is 29.5 Å². The van der Waals surface area contributed by atoms with Gasteiger partial charge in [-0.25, -0.2) is 4.76 Å². The Kier molecular flexibility index (Phi) is 5.82. The number of benzene rings is 1. The van der Waals surface area contributed by atoms with Gasteiger partial charge in [0.2, 0.25) is 12.1 Å². The molecule has 3 N–H and O–H groups in total. The van der Waals surface area contributed by atoms with Crippen molar-refractivity contribution in [2.75, 3.05) is 19.8 Å². The van der Waals surface area contributed by atoms with Crippen molar-refractivity contribution in [3.8, 4) is 0 Å². The monoisotopic (exact) mass is 405 g/mol. The fourth-order valence-corrected chi connectivity index (χ4v) is 3.71. The van der Waals surface area contributed by atoms with Crippen molar-refractivity contribution in [1.82, 2.24) is 20.8 Å². The summed E-state index contributed by atoms with van der Waals surface area (Å²) in [6.07, 6.45) is -1.21. The van der Waals surface area contributed by atoms with Gasteiger partial charge in [-0.3, -0.25) is 29.9 Å². The van der Waals surface area contributed by atoms with E-state index in [1.807, 2.05) is 0 Å². The number of nitrogens with zero attached hydrogens (tertiary/aromatic N) is 3. The van der Waals surface area contributed by atoms with Gasteiger partial charge in [0.05, 0.1) is 0 Å². The third-order valence-electron chi connectivity index (χ3n) is 5.08. The summed E-state index contributed by atoms with van der Waals surface area (Å²) in [7, 11) is 0. The number of carboxylic acids is 1. The van der Waals surface area contributed by atoms with Crippen LogP contribution in [0.4, 0.5) is 0 Å². The van der Waals surface area contributed by atoms with Crippen LogP contribution in [0.3, 0.4) is 0 Å². The Morgan fingerprint density at radius 1 is 1.31 bits per heavy atom. The van der Waals surface area contributed by atoms with Crippen molar-refractivity contribution >= 4 is 23.7 Å². The second-order valence-electron chi connectivity index (χ2n) is 7.11. The number of carboxylic acid groups (broad SMARTS) is 1. The number of carbonyl (C=O) groups excluding carboxylic acids is 3. The van der Waals surface area contributed by atoms with Crippen LogP contribution in [0.2, 0.25) is 0 Å². The van der Waals surface area contributed by atoms with Gasteiger partial charge in [-0.05, 0) is 12.1 Å². The molecule has 3 amide bonds. The molecule has 2 aliphatic heterocycles. The van der Waals surface area contributed by atoms with Gasteiger partial charge in [0, 0.05) is 31.9 Å². The van der Waals surface area contributed by atoms with Gasteiger partial charge >= 0.3 is 5.97 Å². The van der Waals surface area contributed by atoms with Crippen LogP contribution >= 0.6 is 0 Å². The fourth-order valence-electron chi connectivity index (χ4n) is 3.71. The van der Waals surface area contributed by atoms with Crippen LogP contribution in [0.5, 0.6) is 0 Å². The molecule has 0 aliphatic carbocycles. The Balaban J connectivity index is 2.02. The molecule has 0 radical (unpaired) electrons. The molecule has 1 aromatic rings. The minimum atomic E-state index is -1.36. The number of quaternary nitrogens is 1. The average molecular weight is 405 g/mol. The first kappa shape index (κ1) is 20.7. The van der Waals surface area contributed by atoms with Gasteiger partial charge in [-0.15, -0.1) is 0 Å². The average Bonchev–Trinajstić information content (AvgIpc) is 2.87. The van der Waals surface area contributed by atoms with E-state index in [1.165, 1.54) is 6.92 Å². The predicted molar refractivity (Wildman–Crippen MR) is 98.8 cm³/mol. The van der Waals surface area contributed by atoms with E-state index >= 15 is 0 Å². The van der Waals surface area contributed by atoms with Gasteiger partial charge in [0.25, 0.3) is 11.8 Å². The number of nitrogens with one attached hydrogen (secondary N) is 2. The summed E-state index contributed by atoms with van der Waals surface area (Å²) in [5.41, 5.74) is 2.66. The zero-order valence-electron chi connectivity index (χ0n) is 15.9. The summed E-state index contributed by atoms with van der Waals surface area (Å²) in [5.74, 6) is -3.85. The number of hydrogen-bond donors (Lipinski definition) is 3. The molecule has 1 aromatic carbocycles. The highest BCUT2D eigenvalue weighted by molar-refractivity contribution is 5.95. The normalized spacial score (nSPS) is 26.8. The Morgan fingerprint density at radius 3 is 2.62 bits per heavy atom. The van der Waals surface area contributed by atoms with Gasteiger partial charge in [-0.2, -0.15) is 10.0 Å². The first-order chi connectivity index (χ1) is 13.7. The van der Waals surface area contributed by atoms with Crippen LogP contribution in [0.1, 0.15) is 30.1 Å². The second-order valence-corrected chi connectivity index (χ2v) is 7.11. The largest absolute Gasteiger partial charge is 0.604 e. The summed E-state index contributed by atoms with van der Waals surface area (Å²) in [4.78, 5) is 48.9. The summed E-state index contributed by atoms with van der Waals surface area (Å²) >= 11 is 0. The number of rotatable bonds is 3. The Bertz CT molecular complexity index is 818. The fraction of sp³-hybridized carbons (Fsp3) is 0.444. The van der Waals surface area contributed by atoms with Crippen LogP contribution in [0.25, 0.3) is 0 Å². The number of hydrazine groups is 1. The molecular weight excluding hydrogens is 382 g/mol. The lowest BCUT2D eigenvalue weighted by Gasteiger charge is -2.57. The summed E-state index contributed by atoms with van der Waals surface area (Å²) in [6, 6.07) is 8.10. The highest BCUT2D eigenvalue weighted by atomic mass is 16.6. The van der Waals surface area contributed by atoms with E-state index in [4.69, 9.17) is 0 Å². The minimum absolute atomic E-state index is 0.00945. The quantitative estimate of drug-likeness (QED) is 0.353. The molecule has 2 fully saturated rings. The Morgan fingerprint density at radius 2 is 2.00 bits per heavy atom. The van der Waals surface area contributed by atoms with Crippen molar-refractivity contribution in [3.63, 3.8) is 0 Å². The van der Waals surface area contributed by atoms with Crippen LogP contribution in [0.15, 0.2) is 30.3 Å². The van der Waals surface area contributed by atoms with E-state index in [1.54, 1.807) is 30.3 Å². The smallest absolute Gasteiger partial charge is 0.313 e. The van der Waals surface area contributed by atoms with Crippen molar-refractivity contribution < 1.29 is 29.0 Å². The zero-order valence-corrected chi connectivity index (χ0v) is 15.9. The Hall–Kier alpha value is -3.02. The van der Waals surface area contributed by atoms with E-state index in [-0.39, 0.29) is 31.6 Å². The number of fused-ring (bicyclic) bond motifs is 1. The molecule has 3 atom stereocenters. The van der Waals surface area contributed by atoms with Gasteiger partial charge < -0.3 is 10.3 Å². The Labute approximate surface area is 167 Å². The van der Waals surface area contributed by atoms with Crippen LogP contribution in [-0.4, -0.2) is 69.5 Å².